The van der Waals surface area contributed by atoms with Crippen LogP contribution in [0.2, 0.25) is 0 Å². The highest BCUT2D eigenvalue weighted by atomic mass is 32.2. The predicted octanol–water partition coefficient (Wildman–Crippen LogP) is 5.13. The summed E-state index contributed by atoms with van der Waals surface area (Å²) < 4.78 is 65.1. The summed E-state index contributed by atoms with van der Waals surface area (Å²) in [7, 11) is -6.13. The van der Waals surface area contributed by atoms with Crippen molar-refractivity contribution in [2.45, 2.75) is 55.7 Å². The largest absolute Gasteiger partial charge is 0.525 e. The molecule has 2 aromatic carbocycles. The van der Waals surface area contributed by atoms with Crippen LogP contribution in [-0.4, -0.2) is 35.8 Å². The number of rotatable bonds is 9. The van der Waals surface area contributed by atoms with Crippen LogP contribution in [0.5, 0.6) is 0 Å². The molecule has 0 bridgehead atoms. The van der Waals surface area contributed by atoms with Crippen LogP contribution in [0.3, 0.4) is 0 Å². The Morgan fingerprint density at radius 3 is 2.55 bits per heavy atom. The van der Waals surface area contributed by atoms with Crippen LogP contribution in [0.25, 0.3) is 10.8 Å². The molecule has 0 saturated heterocycles. The van der Waals surface area contributed by atoms with Crippen molar-refractivity contribution in [2.75, 3.05) is 5.75 Å². The molecule has 0 aliphatic carbocycles. The summed E-state index contributed by atoms with van der Waals surface area (Å²) in [5, 5.41) is 11.2. The van der Waals surface area contributed by atoms with Crippen LogP contribution in [-0.2, 0) is 14.4 Å². The Balaban J connectivity index is 1.90. The first kappa shape index (κ1) is 23.8. The van der Waals surface area contributed by atoms with E-state index in [0.717, 1.165) is 36.3 Å². The lowest BCUT2D eigenvalue weighted by Gasteiger charge is -2.32. The number of carbonyl (C=O) groups excluding carboxylic acids is 1. The molecule has 1 aliphatic rings. The summed E-state index contributed by atoms with van der Waals surface area (Å²) in [6.07, 6.45) is 3.50. The minimum Gasteiger partial charge on any atom is -0.367 e. The second kappa shape index (κ2) is 9.35. The molecule has 1 N–H and O–H groups in total. The molecule has 0 radical (unpaired) electrons. The van der Waals surface area contributed by atoms with Gasteiger partial charge in [-0.1, -0.05) is 50.8 Å². The predicted molar refractivity (Wildman–Crippen MR) is 111 cm³/mol. The maximum atomic E-state index is 12.8. The highest BCUT2D eigenvalue weighted by Crippen LogP contribution is 2.40. The van der Waals surface area contributed by atoms with Crippen molar-refractivity contribution in [3.05, 3.63) is 41.5 Å². The molecular formula is C20H22F3NO5S2. The third-order valence-electron chi connectivity index (χ3n) is 4.89. The van der Waals surface area contributed by atoms with E-state index in [0.29, 0.717) is 10.8 Å². The molecule has 1 heterocycles. The fourth-order valence-corrected chi connectivity index (χ4v) is 4.81. The van der Waals surface area contributed by atoms with Crippen LogP contribution in [0.15, 0.2) is 35.2 Å². The molecular weight excluding hydrogens is 455 g/mol. The number of aliphatic hydroxyl groups is 1. The molecule has 1 unspecified atom stereocenters. The molecule has 0 aromatic heterocycles. The van der Waals surface area contributed by atoms with Crippen molar-refractivity contribution >= 4 is 38.6 Å². The van der Waals surface area contributed by atoms with Gasteiger partial charge in [-0.05, 0) is 29.7 Å². The lowest BCUT2D eigenvalue weighted by atomic mass is 9.94. The van der Waals surface area contributed by atoms with Gasteiger partial charge >= 0.3 is 15.6 Å². The zero-order valence-electron chi connectivity index (χ0n) is 16.7. The number of carbonyl (C=O) groups is 1. The number of thioether (sulfide) groups is 1. The molecule has 31 heavy (non-hydrogen) atoms. The van der Waals surface area contributed by atoms with Gasteiger partial charge in [0.15, 0.2) is 6.23 Å². The Hall–Kier alpha value is -1.82. The Morgan fingerprint density at radius 1 is 1.16 bits per heavy atom. The lowest BCUT2D eigenvalue weighted by molar-refractivity contribution is -0.151. The standard InChI is InChI=1S/C20H22F3NO5S2/c1-2-3-4-5-6-10-30-14-11-13-8-7-9-15-17(13)16(12-14)19(26)24(18(15)25)29-31(27,28)20(21,22)23/h7-9,11-12,18,25H,2-6,10H2,1H3. The average molecular weight is 478 g/mol. The molecule has 170 valence electrons. The lowest BCUT2D eigenvalue weighted by Crippen LogP contribution is -2.42. The minimum absolute atomic E-state index is 0.0238. The van der Waals surface area contributed by atoms with Gasteiger partial charge in [0.2, 0.25) is 0 Å². The maximum Gasteiger partial charge on any atom is 0.525 e. The maximum absolute atomic E-state index is 12.8. The summed E-state index contributed by atoms with van der Waals surface area (Å²) in [5.41, 5.74) is -5.68. The van der Waals surface area contributed by atoms with E-state index in [-0.39, 0.29) is 16.2 Å². The first-order valence-corrected chi connectivity index (χ1v) is 12.2. The Kier molecular flexibility index (Phi) is 7.19. The third kappa shape index (κ3) is 5.00. The number of halogens is 3. The van der Waals surface area contributed by atoms with Crippen LogP contribution in [0, 0.1) is 0 Å². The zero-order valence-corrected chi connectivity index (χ0v) is 18.3. The number of hydrogen-bond acceptors (Lipinski definition) is 6. The van der Waals surface area contributed by atoms with E-state index in [1.807, 2.05) is 6.07 Å². The van der Waals surface area contributed by atoms with Crippen molar-refractivity contribution in [3.8, 4) is 0 Å². The van der Waals surface area contributed by atoms with Gasteiger partial charge in [-0.3, -0.25) is 4.79 Å². The summed E-state index contributed by atoms with van der Waals surface area (Å²) in [6.45, 7) is 2.13. The van der Waals surface area contributed by atoms with Crippen LogP contribution in [0.4, 0.5) is 13.2 Å². The van der Waals surface area contributed by atoms with Gasteiger partial charge in [0.05, 0.1) is 5.56 Å². The quantitative estimate of drug-likeness (QED) is 0.306. The minimum atomic E-state index is -6.13. The monoisotopic (exact) mass is 477 g/mol. The molecule has 1 atom stereocenters. The number of aliphatic hydroxyl groups excluding tert-OH is 1. The molecule has 1 amide bonds. The molecule has 0 saturated carbocycles. The summed E-state index contributed by atoms with van der Waals surface area (Å²) in [4.78, 5) is 13.5. The van der Waals surface area contributed by atoms with Crippen LogP contribution in [0.1, 0.15) is 61.2 Å². The summed E-state index contributed by atoms with van der Waals surface area (Å²) in [5.74, 6) is -0.359. The van der Waals surface area contributed by atoms with Crippen LogP contribution >= 0.6 is 11.8 Å². The second-order valence-electron chi connectivity index (χ2n) is 7.16. The van der Waals surface area contributed by atoms with Crippen molar-refractivity contribution in [3.63, 3.8) is 0 Å². The number of amides is 1. The number of alkyl halides is 3. The topological polar surface area (TPSA) is 83.9 Å². The van der Waals surface area contributed by atoms with Crippen LogP contribution < -0.4 is 0 Å². The molecule has 0 fully saturated rings. The van der Waals surface area contributed by atoms with E-state index in [1.54, 1.807) is 12.1 Å². The first-order chi connectivity index (χ1) is 14.6. The fraction of sp³-hybridized carbons (Fsp3) is 0.450. The van der Waals surface area contributed by atoms with Crippen molar-refractivity contribution < 1.29 is 35.8 Å². The molecule has 6 nitrogen and oxygen atoms in total. The van der Waals surface area contributed by atoms with E-state index in [1.165, 1.54) is 30.3 Å². The molecule has 0 spiro atoms. The summed E-state index contributed by atoms with van der Waals surface area (Å²) >= 11 is 1.50. The molecule has 1 aliphatic heterocycles. The van der Waals surface area contributed by atoms with Gasteiger partial charge in [0.25, 0.3) is 5.91 Å². The van der Waals surface area contributed by atoms with E-state index < -0.39 is 27.8 Å². The number of benzene rings is 2. The smallest absolute Gasteiger partial charge is 0.367 e. The highest BCUT2D eigenvalue weighted by Gasteiger charge is 2.51. The van der Waals surface area contributed by atoms with Gasteiger partial charge in [-0.15, -0.1) is 16.0 Å². The third-order valence-corrected chi connectivity index (χ3v) is 6.88. The SMILES string of the molecule is CCCCCCCSc1cc2c3c(cccc3c1)C(O)N(OS(=O)(=O)C(F)(F)F)C2=O. The number of unbranched alkanes of at least 4 members (excludes halogenated alkanes) is 4. The van der Waals surface area contributed by atoms with Crippen molar-refractivity contribution in [2.24, 2.45) is 0 Å². The van der Waals surface area contributed by atoms with E-state index in [2.05, 4.69) is 11.2 Å². The highest BCUT2D eigenvalue weighted by molar-refractivity contribution is 7.99. The number of hydrogen-bond donors (Lipinski definition) is 1. The average Bonchev–Trinajstić information content (AvgIpc) is 2.70. The molecule has 2 aromatic rings. The number of nitrogens with zero attached hydrogens (tertiary/aromatic N) is 1. The molecule has 11 heteroatoms. The summed E-state index contributed by atoms with van der Waals surface area (Å²) in [6, 6.07) is 8.02. The molecule has 3 rings (SSSR count). The van der Waals surface area contributed by atoms with Crippen molar-refractivity contribution in [1.82, 2.24) is 5.06 Å². The second-order valence-corrected chi connectivity index (χ2v) is 9.85. The van der Waals surface area contributed by atoms with Gasteiger partial charge in [-0.2, -0.15) is 26.7 Å². The first-order valence-electron chi connectivity index (χ1n) is 9.79. The van der Waals surface area contributed by atoms with E-state index >= 15 is 0 Å². The van der Waals surface area contributed by atoms with Gasteiger partial charge < -0.3 is 5.11 Å². The normalized spacial score (nSPS) is 16.9. The Labute approximate surface area is 182 Å². The number of hydroxylamine groups is 2. The van der Waals surface area contributed by atoms with Gasteiger partial charge in [0.1, 0.15) is 0 Å². The van der Waals surface area contributed by atoms with Gasteiger partial charge in [-0.25, -0.2) is 0 Å². The van der Waals surface area contributed by atoms with Crippen molar-refractivity contribution in [1.29, 1.82) is 0 Å². The zero-order chi connectivity index (χ0) is 22.8. The fourth-order valence-electron chi connectivity index (χ4n) is 3.37. The van der Waals surface area contributed by atoms with Gasteiger partial charge in [0, 0.05) is 15.8 Å². The Bertz CT molecular complexity index is 1070. The van der Waals surface area contributed by atoms with E-state index in [4.69, 9.17) is 0 Å². The van der Waals surface area contributed by atoms with E-state index in [9.17, 15) is 31.5 Å². The Morgan fingerprint density at radius 2 is 1.87 bits per heavy atom.